The molecule has 140 valence electrons. The smallest absolute Gasteiger partial charge is 0.295 e. The van der Waals surface area contributed by atoms with Crippen molar-refractivity contribution in [2.45, 2.75) is 30.0 Å². The van der Waals surface area contributed by atoms with E-state index in [9.17, 15) is 23.2 Å². The molecule has 0 spiro atoms. The van der Waals surface area contributed by atoms with E-state index in [1.807, 2.05) is 0 Å². The fourth-order valence-electron chi connectivity index (χ4n) is 2.50. The molecule has 0 amide bonds. The molecule has 10 heteroatoms. The van der Waals surface area contributed by atoms with Gasteiger partial charge in [0.05, 0.1) is 6.20 Å². The molecule has 1 aromatic carbocycles. The Hall–Kier alpha value is -2.24. The van der Waals surface area contributed by atoms with Crippen LogP contribution in [0.4, 0.5) is 0 Å². The van der Waals surface area contributed by atoms with Crippen LogP contribution < -0.4 is 9.47 Å². The average molecular weight is 383 g/mol. The number of hydrogen-bond donors (Lipinski definition) is 3. The van der Waals surface area contributed by atoms with Crippen LogP contribution in [-0.4, -0.2) is 58.2 Å². The summed E-state index contributed by atoms with van der Waals surface area (Å²) in [6, 6.07) is 11.3. The van der Waals surface area contributed by atoms with E-state index in [1.54, 1.807) is 36.4 Å². The maximum absolute atomic E-state index is 11.6. The maximum Gasteiger partial charge on any atom is 0.295 e. The van der Waals surface area contributed by atoms with Crippen LogP contribution in [0.25, 0.3) is 0 Å². The number of pyridine rings is 1. The van der Waals surface area contributed by atoms with Crippen molar-refractivity contribution in [3.63, 3.8) is 0 Å². The van der Waals surface area contributed by atoms with Gasteiger partial charge < -0.3 is 24.4 Å². The molecule has 0 bridgehead atoms. The first-order valence-corrected chi connectivity index (χ1v) is 9.13. The third-order valence-corrected chi connectivity index (χ3v) is 4.67. The molecule has 9 nitrogen and oxygen atoms in total. The van der Waals surface area contributed by atoms with Crippen LogP contribution in [0.2, 0.25) is 0 Å². The molecule has 1 unspecified atom stereocenters. The molecule has 1 fully saturated rings. The van der Waals surface area contributed by atoms with Gasteiger partial charge in [-0.15, -0.1) is 0 Å². The summed E-state index contributed by atoms with van der Waals surface area (Å²) < 4.78 is 48.5. The Balaban J connectivity index is 1.88. The van der Waals surface area contributed by atoms with Gasteiger partial charge in [0.15, 0.2) is 12.2 Å². The zero-order chi connectivity index (χ0) is 18.7. The van der Waals surface area contributed by atoms with Crippen LogP contribution in [0.3, 0.4) is 0 Å². The van der Waals surface area contributed by atoms with E-state index >= 15 is 0 Å². The van der Waals surface area contributed by atoms with Gasteiger partial charge in [0.2, 0.25) is 11.7 Å². The minimum atomic E-state index is -4.81. The molecule has 26 heavy (non-hydrogen) atoms. The minimum Gasteiger partial charge on any atom is -0.483 e. The summed E-state index contributed by atoms with van der Waals surface area (Å²) >= 11 is 0. The van der Waals surface area contributed by atoms with Crippen molar-refractivity contribution in [2.75, 3.05) is 0 Å². The number of nitrogens with zero attached hydrogens (tertiary/aromatic N) is 1. The fraction of sp³-hybridized carbons (Fsp3) is 0.312. The molecule has 3 rings (SSSR count). The van der Waals surface area contributed by atoms with E-state index in [4.69, 9.17) is 14.2 Å². The van der Waals surface area contributed by atoms with Crippen molar-refractivity contribution in [1.29, 1.82) is 0 Å². The number of ether oxygens (including phenoxy) is 3. The third kappa shape index (κ3) is 4.11. The third-order valence-electron chi connectivity index (χ3n) is 3.69. The van der Waals surface area contributed by atoms with Crippen molar-refractivity contribution in [1.82, 2.24) is 4.98 Å². The van der Waals surface area contributed by atoms with Crippen molar-refractivity contribution in [2.24, 2.45) is 0 Å². The zero-order valence-electron chi connectivity index (χ0n) is 13.3. The number of hydrogen-bond acceptors (Lipinski definition) is 8. The Labute approximate surface area is 149 Å². The summed E-state index contributed by atoms with van der Waals surface area (Å²) in [5.74, 6) is 0.479. The zero-order valence-corrected chi connectivity index (χ0v) is 14.1. The summed E-state index contributed by atoms with van der Waals surface area (Å²) in [4.78, 5) is 3.84. The number of aliphatic hydroxyl groups excluding tert-OH is 2. The number of rotatable bonds is 5. The topological polar surface area (TPSA) is 135 Å². The van der Waals surface area contributed by atoms with Gasteiger partial charge in [-0.3, -0.25) is 9.54 Å². The highest BCUT2D eigenvalue weighted by molar-refractivity contribution is 7.86. The summed E-state index contributed by atoms with van der Waals surface area (Å²) in [5.41, 5.74) is -2.05. The molecule has 2 aromatic rings. The molecule has 3 N–H and O–H groups in total. The Morgan fingerprint density at radius 3 is 2.27 bits per heavy atom. The van der Waals surface area contributed by atoms with Crippen LogP contribution in [0.1, 0.15) is 0 Å². The van der Waals surface area contributed by atoms with Crippen LogP contribution in [0.15, 0.2) is 54.9 Å². The summed E-state index contributed by atoms with van der Waals surface area (Å²) in [5, 5.41) is 20.7. The lowest BCUT2D eigenvalue weighted by Gasteiger charge is -2.40. The number of para-hydroxylation sites is 1. The van der Waals surface area contributed by atoms with E-state index < -0.39 is 40.2 Å². The predicted molar refractivity (Wildman–Crippen MR) is 87.9 cm³/mol. The fourth-order valence-corrected chi connectivity index (χ4v) is 3.25. The van der Waals surface area contributed by atoms with Gasteiger partial charge in [0.25, 0.3) is 10.1 Å². The highest BCUT2D eigenvalue weighted by Gasteiger charge is 2.52. The van der Waals surface area contributed by atoms with E-state index in [-0.39, 0.29) is 5.75 Å². The second-order valence-corrected chi connectivity index (χ2v) is 7.07. The van der Waals surface area contributed by atoms with Crippen LogP contribution in [-0.2, 0) is 14.9 Å². The van der Waals surface area contributed by atoms with Gasteiger partial charge in [-0.05, 0) is 24.3 Å². The van der Waals surface area contributed by atoms with E-state index in [0.717, 1.165) is 0 Å². The van der Waals surface area contributed by atoms with E-state index in [0.29, 0.717) is 5.75 Å². The van der Waals surface area contributed by atoms with Gasteiger partial charge in [0, 0.05) is 6.20 Å². The molecule has 0 aliphatic carbocycles. The molecule has 1 saturated heterocycles. The minimum absolute atomic E-state index is 0.185. The molecular weight excluding hydrogens is 366 g/mol. The van der Waals surface area contributed by atoms with Gasteiger partial charge in [0.1, 0.15) is 17.6 Å². The largest absolute Gasteiger partial charge is 0.483 e. The normalized spacial score (nSPS) is 29.1. The van der Waals surface area contributed by atoms with Gasteiger partial charge >= 0.3 is 0 Å². The van der Waals surface area contributed by atoms with Crippen LogP contribution >= 0.6 is 0 Å². The molecule has 5 atom stereocenters. The van der Waals surface area contributed by atoms with Gasteiger partial charge in [-0.2, -0.15) is 8.42 Å². The lowest BCUT2D eigenvalue weighted by Crippen LogP contribution is -2.62. The summed E-state index contributed by atoms with van der Waals surface area (Å²) in [6.07, 6.45) is -3.56. The molecular formula is C16H17NO8S. The number of benzene rings is 1. The summed E-state index contributed by atoms with van der Waals surface area (Å²) in [7, 11) is -4.81. The predicted octanol–water partition coefficient (Wildman–Crippen LogP) is 0.200. The Bertz CT molecular complexity index is 817. The van der Waals surface area contributed by atoms with Crippen molar-refractivity contribution in [3.8, 4) is 11.5 Å². The summed E-state index contributed by atoms with van der Waals surface area (Å²) in [6.45, 7) is 0. The Kier molecular flexibility index (Phi) is 5.39. The standard InChI is InChI=1S/C16H17NO8S/c18-12-14(23-11-7-4-8-17-9-11)13(19)16(26(20,21)22)25-15(12)24-10-5-2-1-3-6-10/h1-9,12-16,18-19H,(H,20,21,22)/t12-,13+,14-,15-,16?/m1/s1. The SMILES string of the molecule is O=S(=O)(O)C1O[C@@H](Oc2ccccc2)[C@H](O)[C@@H](Oc2cccnc2)[C@@H]1O. The second kappa shape index (κ2) is 7.56. The lowest BCUT2D eigenvalue weighted by atomic mass is 10.0. The first kappa shape index (κ1) is 18.5. The van der Waals surface area contributed by atoms with Crippen molar-refractivity contribution < 1.29 is 37.4 Å². The quantitative estimate of drug-likeness (QED) is 0.619. The highest BCUT2D eigenvalue weighted by Crippen LogP contribution is 2.29. The maximum atomic E-state index is 11.6. The molecule has 0 radical (unpaired) electrons. The molecule has 1 aromatic heterocycles. The first-order valence-electron chi connectivity index (χ1n) is 7.62. The highest BCUT2D eigenvalue weighted by atomic mass is 32.2. The van der Waals surface area contributed by atoms with Crippen LogP contribution in [0, 0.1) is 0 Å². The average Bonchev–Trinajstić information content (AvgIpc) is 2.62. The Morgan fingerprint density at radius 1 is 0.962 bits per heavy atom. The number of aromatic nitrogens is 1. The molecule has 2 heterocycles. The molecule has 1 aliphatic heterocycles. The van der Waals surface area contributed by atoms with E-state index in [2.05, 4.69) is 4.98 Å². The van der Waals surface area contributed by atoms with Gasteiger partial charge in [-0.25, -0.2) is 0 Å². The van der Waals surface area contributed by atoms with Crippen molar-refractivity contribution in [3.05, 3.63) is 54.9 Å². The van der Waals surface area contributed by atoms with E-state index in [1.165, 1.54) is 18.5 Å². The lowest BCUT2D eigenvalue weighted by molar-refractivity contribution is -0.248. The monoisotopic (exact) mass is 383 g/mol. The number of aliphatic hydroxyl groups is 2. The Morgan fingerprint density at radius 2 is 1.65 bits per heavy atom. The van der Waals surface area contributed by atoms with Crippen LogP contribution in [0.5, 0.6) is 11.5 Å². The van der Waals surface area contributed by atoms with Crippen molar-refractivity contribution >= 4 is 10.1 Å². The molecule has 1 aliphatic rings. The van der Waals surface area contributed by atoms with Gasteiger partial charge in [-0.1, -0.05) is 18.2 Å². The second-order valence-electron chi connectivity index (χ2n) is 5.57. The molecule has 0 saturated carbocycles. The first-order chi connectivity index (χ1) is 12.4.